The Morgan fingerprint density at radius 1 is 1.38 bits per heavy atom. The van der Waals surface area contributed by atoms with E-state index >= 15 is 0 Å². The normalized spacial score (nSPS) is 14.2. The maximum atomic E-state index is 11.0. The predicted octanol–water partition coefficient (Wildman–Crippen LogP) is 2.64. The first-order valence-electron chi connectivity index (χ1n) is 4.23. The molecule has 0 aromatic heterocycles. The standard InChI is InChI=1S/C10H9BrO2/c11-8-5-4-6-2-1-3-7(6)9(8)10(12)13/h4-5H,1-3H2,(H,12,13). The molecular formula is C10H9BrO2. The van der Waals surface area contributed by atoms with E-state index in [9.17, 15) is 4.79 Å². The van der Waals surface area contributed by atoms with Crippen LogP contribution in [-0.4, -0.2) is 11.1 Å². The van der Waals surface area contributed by atoms with Crippen LogP contribution in [0.3, 0.4) is 0 Å². The summed E-state index contributed by atoms with van der Waals surface area (Å²) in [7, 11) is 0. The van der Waals surface area contributed by atoms with Crippen molar-refractivity contribution in [1.82, 2.24) is 0 Å². The summed E-state index contributed by atoms with van der Waals surface area (Å²) in [4.78, 5) is 11.0. The molecule has 1 N–H and O–H groups in total. The van der Waals surface area contributed by atoms with Crippen LogP contribution in [0.25, 0.3) is 0 Å². The molecule has 0 unspecified atom stereocenters. The van der Waals surface area contributed by atoms with Gasteiger partial charge in [-0.1, -0.05) is 6.07 Å². The summed E-state index contributed by atoms with van der Waals surface area (Å²) >= 11 is 3.27. The minimum atomic E-state index is -0.828. The second-order valence-electron chi connectivity index (χ2n) is 3.22. The van der Waals surface area contributed by atoms with E-state index in [0.29, 0.717) is 10.0 Å². The van der Waals surface area contributed by atoms with Crippen LogP contribution in [0.1, 0.15) is 27.9 Å². The van der Waals surface area contributed by atoms with Crippen LogP contribution in [0, 0.1) is 0 Å². The molecule has 0 radical (unpaired) electrons. The van der Waals surface area contributed by atoms with Gasteiger partial charge in [-0.2, -0.15) is 0 Å². The van der Waals surface area contributed by atoms with Crippen LogP contribution in [0.2, 0.25) is 0 Å². The van der Waals surface area contributed by atoms with E-state index in [4.69, 9.17) is 5.11 Å². The molecule has 2 rings (SSSR count). The van der Waals surface area contributed by atoms with Crippen LogP contribution in [0.4, 0.5) is 0 Å². The van der Waals surface area contributed by atoms with Gasteiger partial charge in [-0.25, -0.2) is 4.79 Å². The van der Waals surface area contributed by atoms with Gasteiger partial charge in [0.2, 0.25) is 0 Å². The van der Waals surface area contributed by atoms with E-state index < -0.39 is 5.97 Å². The van der Waals surface area contributed by atoms with Crippen molar-refractivity contribution < 1.29 is 9.90 Å². The summed E-state index contributed by atoms with van der Waals surface area (Å²) < 4.78 is 0.695. The van der Waals surface area contributed by atoms with Crippen LogP contribution in [0.15, 0.2) is 16.6 Å². The molecule has 3 heteroatoms. The molecule has 0 amide bonds. The Hall–Kier alpha value is -0.830. The summed E-state index contributed by atoms with van der Waals surface area (Å²) in [6, 6.07) is 3.84. The fraction of sp³-hybridized carbons (Fsp3) is 0.300. The zero-order valence-electron chi connectivity index (χ0n) is 7.01. The number of hydrogen-bond donors (Lipinski definition) is 1. The molecule has 0 aliphatic heterocycles. The maximum absolute atomic E-state index is 11.0. The van der Waals surface area contributed by atoms with Crippen molar-refractivity contribution in [1.29, 1.82) is 0 Å². The van der Waals surface area contributed by atoms with Crippen LogP contribution < -0.4 is 0 Å². The lowest BCUT2D eigenvalue weighted by atomic mass is 10.0. The first-order chi connectivity index (χ1) is 6.20. The molecule has 0 spiro atoms. The summed E-state index contributed by atoms with van der Waals surface area (Å²) in [5, 5.41) is 9.00. The number of carboxylic acid groups (broad SMARTS) is 1. The number of benzene rings is 1. The molecule has 0 heterocycles. The highest BCUT2D eigenvalue weighted by atomic mass is 79.9. The van der Waals surface area contributed by atoms with E-state index in [1.807, 2.05) is 12.1 Å². The number of halogens is 1. The molecule has 0 fully saturated rings. The molecular weight excluding hydrogens is 232 g/mol. The highest BCUT2D eigenvalue weighted by molar-refractivity contribution is 9.10. The smallest absolute Gasteiger partial charge is 0.337 e. The molecule has 13 heavy (non-hydrogen) atoms. The Morgan fingerprint density at radius 3 is 2.85 bits per heavy atom. The molecule has 1 aliphatic rings. The van der Waals surface area contributed by atoms with Crippen LogP contribution in [-0.2, 0) is 12.8 Å². The number of fused-ring (bicyclic) bond motifs is 1. The minimum absolute atomic E-state index is 0.454. The van der Waals surface area contributed by atoms with E-state index in [0.717, 1.165) is 24.8 Å². The fourth-order valence-corrected chi connectivity index (χ4v) is 2.41. The topological polar surface area (TPSA) is 37.3 Å². The summed E-state index contributed by atoms with van der Waals surface area (Å²) in [6.45, 7) is 0. The molecule has 1 aromatic carbocycles. The highest BCUT2D eigenvalue weighted by Crippen LogP contribution is 2.30. The predicted molar refractivity (Wildman–Crippen MR) is 53.1 cm³/mol. The Balaban J connectivity index is 2.65. The molecule has 1 aromatic rings. The number of rotatable bonds is 1. The molecule has 0 saturated carbocycles. The summed E-state index contributed by atoms with van der Waals surface area (Å²) in [5.74, 6) is -0.828. The van der Waals surface area contributed by atoms with Crippen molar-refractivity contribution in [2.24, 2.45) is 0 Å². The minimum Gasteiger partial charge on any atom is -0.478 e. The van der Waals surface area contributed by atoms with Gasteiger partial charge in [-0.15, -0.1) is 0 Å². The Morgan fingerprint density at radius 2 is 2.15 bits per heavy atom. The average Bonchev–Trinajstić information content (AvgIpc) is 2.50. The van der Waals surface area contributed by atoms with Crippen LogP contribution in [0.5, 0.6) is 0 Å². The Labute approximate surface area is 84.7 Å². The van der Waals surface area contributed by atoms with Gasteiger partial charge in [0, 0.05) is 4.47 Å². The maximum Gasteiger partial charge on any atom is 0.337 e. The number of aryl methyl sites for hydroxylation is 1. The van der Waals surface area contributed by atoms with Crippen molar-refractivity contribution in [3.8, 4) is 0 Å². The SMILES string of the molecule is O=C(O)c1c(Br)ccc2c1CCC2. The summed E-state index contributed by atoms with van der Waals surface area (Å²) in [5.41, 5.74) is 2.66. The van der Waals surface area contributed by atoms with Crippen LogP contribution >= 0.6 is 15.9 Å². The monoisotopic (exact) mass is 240 g/mol. The highest BCUT2D eigenvalue weighted by Gasteiger charge is 2.20. The third-order valence-electron chi connectivity index (χ3n) is 2.45. The van der Waals surface area contributed by atoms with Gasteiger partial charge in [0.15, 0.2) is 0 Å². The number of aromatic carboxylic acids is 1. The van der Waals surface area contributed by atoms with E-state index in [1.165, 1.54) is 5.56 Å². The second kappa shape index (κ2) is 3.14. The Kier molecular flexibility index (Phi) is 2.12. The molecule has 0 atom stereocenters. The van der Waals surface area contributed by atoms with Crippen molar-refractivity contribution in [3.63, 3.8) is 0 Å². The largest absolute Gasteiger partial charge is 0.478 e. The quantitative estimate of drug-likeness (QED) is 0.820. The zero-order chi connectivity index (χ0) is 9.42. The number of carboxylic acids is 1. The van der Waals surface area contributed by atoms with Gasteiger partial charge < -0.3 is 5.11 Å². The van der Waals surface area contributed by atoms with Gasteiger partial charge >= 0.3 is 5.97 Å². The number of carbonyl (C=O) groups is 1. The van der Waals surface area contributed by atoms with Gasteiger partial charge in [0.05, 0.1) is 5.56 Å². The molecule has 1 aliphatic carbocycles. The lowest BCUT2D eigenvalue weighted by Crippen LogP contribution is -2.03. The van der Waals surface area contributed by atoms with E-state index in [-0.39, 0.29) is 0 Å². The third kappa shape index (κ3) is 1.37. The first kappa shape index (κ1) is 8.75. The zero-order valence-corrected chi connectivity index (χ0v) is 8.60. The molecule has 0 saturated heterocycles. The second-order valence-corrected chi connectivity index (χ2v) is 4.07. The van der Waals surface area contributed by atoms with E-state index in [1.54, 1.807) is 0 Å². The van der Waals surface area contributed by atoms with Gasteiger partial charge in [0.1, 0.15) is 0 Å². The van der Waals surface area contributed by atoms with Crippen molar-refractivity contribution in [2.75, 3.05) is 0 Å². The van der Waals surface area contributed by atoms with Gasteiger partial charge in [-0.05, 0) is 52.4 Å². The van der Waals surface area contributed by atoms with Gasteiger partial charge in [0.25, 0.3) is 0 Å². The van der Waals surface area contributed by atoms with E-state index in [2.05, 4.69) is 15.9 Å². The van der Waals surface area contributed by atoms with Gasteiger partial charge in [-0.3, -0.25) is 0 Å². The third-order valence-corrected chi connectivity index (χ3v) is 3.11. The fourth-order valence-electron chi connectivity index (χ4n) is 1.87. The van der Waals surface area contributed by atoms with Crippen molar-refractivity contribution >= 4 is 21.9 Å². The lowest BCUT2D eigenvalue weighted by molar-refractivity contribution is 0.0695. The first-order valence-corrected chi connectivity index (χ1v) is 5.03. The lowest BCUT2D eigenvalue weighted by Gasteiger charge is -2.05. The van der Waals surface area contributed by atoms with Crippen molar-refractivity contribution in [3.05, 3.63) is 33.3 Å². The number of hydrogen-bond acceptors (Lipinski definition) is 1. The van der Waals surface area contributed by atoms with Crippen molar-refractivity contribution in [2.45, 2.75) is 19.3 Å². The molecule has 0 bridgehead atoms. The molecule has 2 nitrogen and oxygen atoms in total. The average molecular weight is 241 g/mol. The summed E-state index contributed by atoms with van der Waals surface area (Å²) in [6.07, 6.45) is 2.99. The molecule has 68 valence electrons. The Bertz CT molecular complexity index is 371.